The number of hydrogen-bond donors (Lipinski definition) is 2. The van der Waals surface area contributed by atoms with Crippen molar-refractivity contribution < 1.29 is 4.74 Å². The number of nitrogen functional groups attached to an aromatic ring is 1. The average molecular weight is 284 g/mol. The minimum Gasteiger partial charge on any atom is -0.497 e. The van der Waals surface area contributed by atoms with E-state index in [4.69, 9.17) is 21.0 Å². The molecule has 0 aliphatic heterocycles. The highest BCUT2D eigenvalue weighted by molar-refractivity contribution is 7.17. The number of hydrogen-bond acceptors (Lipinski definition) is 6. The van der Waals surface area contributed by atoms with Gasteiger partial charge in [0.1, 0.15) is 33.3 Å². The van der Waals surface area contributed by atoms with Gasteiger partial charge >= 0.3 is 0 Å². The molecule has 0 radical (unpaired) electrons. The third-order valence-electron chi connectivity index (χ3n) is 2.75. The topological polar surface area (TPSA) is 94.9 Å². The Bertz CT molecular complexity index is 709. The molecule has 20 heavy (non-hydrogen) atoms. The summed E-state index contributed by atoms with van der Waals surface area (Å²) in [7, 11) is 1.61. The van der Waals surface area contributed by atoms with Crippen LogP contribution in [0.4, 0.5) is 10.7 Å². The van der Waals surface area contributed by atoms with Crippen molar-refractivity contribution in [3.63, 3.8) is 0 Å². The summed E-state index contributed by atoms with van der Waals surface area (Å²) in [6.45, 7) is 0.525. The number of nitriles is 2. The Kier molecular flexibility index (Phi) is 4.09. The lowest BCUT2D eigenvalue weighted by Gasteiger charge is -2.06. The van der Waals surface area contributed by atoms with Crippen molar-refractivity contribution in [2.24, 2.45) is 0 Å². The first kappa shape index (κ1) is 13.7. The van der Waals surface area contributed by atoms with E-state index in [-0.39, 0.29) is 5.69 Å². The Morgan fingerprint density at radius 2 is 2.15 bits per heavy atom. The lowest BCUT2D eigenvalue weighted by Crippen LogP contribution is -2.00. The van der Waals surface area contributed by atoms with Gasteiger partial charge in [-0.15, -0.1) is 11.3 Å². The summed E-state index contributed by atoms with van der Waals surface area (Å²) in [5, 5.41) is 21.8. The minimum atomic E-state index is 0.244. The molecule has 1 aromatic carbocycles. The van der Waals surface area contributed by atoms with Crippen LogP contribution in [0.2, 0.25) is 0 Å². The molecule has 2 rings (SSSR count). The summed E-state index contributed by atoms with van der Waals surface area (Å²) in [6, 6.07) is 11.6. The van der Waals surface area contributed by atoms with Gasteiger partial charge in [-0.3, -0.25) is 0 Å². The van der Waals surface area contributed by atoms with Crippen molar-refractivity contribution in [2.45, 2.75) is 6.54 Å². The molecule has 100 valence electrons. The first-order chi connectivity index (χ1) is 9.69. The summed E-state index contributed by atoms with van der Waals surface area (Å²) in [4.78, 5) is 0.356. The van der Waals surface area contributed by atoms with E-state index < -0.39 is 0 Å². The molecule has 0 aliphatic rings. The molecule has 0 saturated heterocycles. The molecule has 0 aliphatic carbocycles. The maximum absolute atomic E-state index is 9.09. The van der Waals surface area contributed by atoms with Gasteiger partial charge < -0.3 is 15.8 Å². The van der Waals surface area contributed by atoms with Crippen molar-refractivity contribution in [3.8, 4) is 17.9 Å². The molecule has 1 aromatic heterocycles. The standard InChI is InChI=1S/C14H12N4OS/c1-19-10-4-2-3-9(5-10)8-18-14-11(6-15)13(17)12(7-16)20-14/h2-5,18H,8,17H2,1H3. The number of rotatable bonds is 4. The molecule has 0 bridgehead atoms. The third-order valence-corrected chi connectivity index (χ3v) is 3.81. The Labute approximate surface area is 120 Å². The quantitative estimate of drug-likeness (QED) is 0.900. The van der Waals surface area contributed by atoms with Crippen LogP contribution in [-0.2, 0) is 6.54 Å². The fourth-order valence-electron chi connectivity index (χ4n) is 1.73. The maximum Gasteiger partial charge on any atom is 0.131 e. The number of nitrogens with two attached hydrogens (primary N) is 1. The van der Waals surface area contributed by atoms with E-state index in [1.54, 1.807) is 7.11 Å². The highest BCUT2D eigenvalue weighted by atomic mass is 32.1. The molecular weight excluding hydrogens is 272 g/mol. The van der Waals surface area contributed by atoms with E-state index >= 15 is 0 Å². The van der Waals surface area contributed by atoms with E-state index in [2.05, 4.69) is 5.32 Å². The van der Waals surface area contributed by atoms with Gasteiger partial charge in [-0.2, -0.15) is 10.5 Å². The van der Waals surface area contributed by atoms with E-state index in [0.29, 0.717) is 22.0 Å². The number of ether oxygens (including phenoxy) is 1. The molecule has 6 heteroatoms. The second kappa shape index (κ2) is 5.96. The van der Waals surface area contributed by atoms with Gasteiger partial charge in [0.2, 0.25) is 0 Å². The van der Waals surface area contributed by atoms with Gasteiger partial charge in [0.15, 0.2) is 0 Å². The number of anilines is 2. The summed E-state index contributed by atoms with van der Waals surface area (Å²) >= 11 is 1.19. The van der Waals surface area contributed by atoms with Crippen LogP contribution < -0.4 is 15.8 Å². The smallest absolute Gasteiger partial charge is 0.131 e. The van der Waals surface area contributed by atoms with Crippen LogP contribution in [0.15, 0.2) is 24.3 Å². The Morgan fingerprint density at radius 1 is 1.35 bits per heavy atom. The van der Waals surface area contributed by atoms with Crippen LogP contribution in [-0.4, -0.2) is 7.11 Å². The molecule has 1 heterocycles. The van der Waals surface area contributed by atoms with E-state index in [1.807, 2.05) is 36.4 Å². The Balaban J connectivity index is 2.19. The van der Waals surface area contributed by atoms with E-state index in [9.17, 15) is 0 Å². The summed E-state index contributed by atoms with van der Waals surface area (Å²) in [5.74, 6) is 0.771. The van der Waals surface area contributed by atoms with E-state index in [0.717, 1.165) is 11.3 Å². The first-order valence-electron chi connectivity index (χ1n) is 5.78. The number of benzene rings is 1. The molecule has 0 saturated carbocycles. The molecule has 5 nitrogen and oxygen atoms in total. The van der Waals surface area contributed by atoms with Crippen molar-refractivity contribution in [2.75, 3.05) is 18.2 Å². The monoisotopic (exact) mass is 284 g/mol. The zero-order valence-corrected chi connectivity index (χ0v) is 11.6. The molecule has 3 N–H and O–H groups in total. The van der Waals surface area contributed by atoms with Crippen LogP contribution in [0.5, 0.6) is 5.75 Å². The lowest BCUT2D eigenvalue weighted by molar-refractivity contribution is 0.414. The molecular formula is C14H12N4OS. The molecule has 0 unspecified atom stereocenters. The zero-order valence-electron chi connectivity index (χ0n) is 10.8. The fourth-order valence-corrected chi connectivity index (χ4v) is 2.59. The maximum atomic E-state index is 9.09. The second-order valence-corrected chi connectivity index (χ2v) is 5.00. The number of thiophene rings is 1. The third kappa shape index (κ3) is 2.66. The zero-order chi connectivity index (χ0) is 14.5. The number of nitrogens with one attached hydrogen (secondary N) is 1. The summed E-state index contributed by atoms with van der Waals surface area (Å²) in [5.41, 5.74) is 7.33. The minimum absolute atomic E-state index is 0.244. The predicted molar refractivity (Wildman–Crippen MR) is 78.5 cm³/mol. The van der Waals surface area contributed by atoms with Gasteiger partial charge in [0.25, 0.3) is 0 Å². The largest absolute Gasteiger partial charge is 0.497 e. The molecule has 0 spiro atoms. The lowest BCUT2D eigenvalue weighted by atomic mass is 10.2. The van der Waals surface area contributed by atoms with Gasteiger partial charge in [-0.05, 0) is 17.7 Å². The highest BCUT2D eigenvalue weighted by Gasteiger charge is 2.15. The highest BCUT2D eigenvalue weighted by Crippen LogP contribution is 2.34. The van der Waals surface area contributed by atoms with Crippen LogP contribution >= 0.6 is 11.3 Å². The van der Waals surface area contributed by atoms with Crippen molar-refractivity contribution in [1.82, 2.24) is 0 Å². The van der Waals surface area contributed by atoms with Crippen molar-refractivity contribution >= 4 is 22.0 Å². The van der Waals surface area contributed by atoms with Crippen LogP contribution in [0.25, 0.3) is 0 Å². The SMILES string of the molecule is COc1cccc(CNc2sc(C#N)c(N)c2C#N)c1. The average Bonchev–Trinajstić information content (AvgIpc) is 2.80. The number of nitrogens with zero attached hydrogens (tertiary/aromatic N) is 2. The van der Waals surface area contributed by atoms with Gasteiger partial charge in [0, 0.05) is 6.54 Å². The van der Waals surface area contributed by atoms with Crippen molar-refractivity contribution in [1.29, 1.82) is 10.5 Å². The van der Waals surface area contributed by atoms with Gasteiger partial charge in [0.05, 0.1) is 12.8 Å². The second-order valence-electron chi connectivity index (χ2n) is 3.98. The molecule has 0 atom stereocenters. The fraction of sp³-hybridized carbons (Fsp3) is 0.143. The van der Waals surface area contributed by atoms with Gasteiger partial charge in [-0.1, -0.05) is 12.1 Å². The Morgan fingerprint density at radius 3 is 2.80 bits per heavy atom. The summed E-state index contributed by atoms with van der Waals surface area (Å²) < 4.78 is 5.15. The molecule has 2 aromatic rings. The van der Waals surface area contributed by atoms with E-state index in [1.165, 1.54) is 11.3 Å². The first-order valence-corrected chi connectivity index (χ1v) is 6.60. The van der Waals surface area contributed by atoms with Crippen LogP contribution in [0.3, 0.4) is 0 Å². The Hall–Kier alpha value is -2.70. The summed E-state index contributed by atoms with van der Waals surface area (Å²) in [6.07, 6.45) is 0. The van der Waals surface area contributed by atoms with Gasteiger partial charge in [-0.25, -0.2) is 0 Å². The number of methoxy groups -OCH3 is 1. The van der Waals surface area contributed by atoms with Crippen molar-refractivity contribution in [3.05, 3.63) is 40.3 Å². The van der Waals surface area contributed by atoms with Crippen LogP contribution in [0.1, 0.15) is 16.0 Å². The molecule has 0 amide bonds. The predicted octanol–water partition coefficient (Wildman–Crippen LogP) is 2.69. The van der Waals surface area contributed by atoms with Crippen LogP contribution in [0, 0.1) is 22.7 Å². The normalized spacial score (nSPS) is 9.55. The molecule has 0 fully saturated rings.